The number of hydrogen-bond donors (Lipinski definition) is 3. The largest absolute Gasteiger partial charge is 0.453 e. The summed E-state index contributed by atoms with van der Waals surface area (Å²) < 4.78 is 4.56. The van der Waals surface area contributed by atoms with E-state index >= 15 is 0 Å². The highest BCUT2D eigenvalue weighted by Crippen LogP contribution is 2.30. The molecule has 0 spiro atoms. The van der Waals surface area contributed by atoms with Gasteiger partial charge in [0.1, 0.15) is 18.2 Å². The van der Waals surface area contributed by atoms with Crippen molar-refractivity contribution in [2.24, 2.45) is 0 Å². The lowest BCUT2D eigenvalue weighted by atomic mass is 9.99. The van der Waals surface area contributed by atoms with E-state index in [1.807, 2.05) is 6.92 Å². The van der Waals surface area contributed by atoms with Gasteiger partial charge >= 0.3 is 6.09 Å². The van der Waals surface area contributed by atoms with Crippen LogP contribution in [0.1, 0.15) is 38.3 Å². The fourth-order valence-electron chi connectivity index (χ4n) is 5.34. The molecule has 0 aliphatic heterocycles. The highest BCUT2D eigenvalue weighted by molar-refractivity contribution is 6.05. The third kappa shape index (κ3) is 7.03. The van der Waals surface area contributed by atoms with Gasteiger partial charge in [-0.1, -0.05) is 56.3 Å². The van der Waals surface area contributed by atoms with Crippen molar-refractivity contribution in [3.63, 3.8) is 0 Å². The van der Waals surface area contributed by atoms with Gasteiger partial charge in [-0.25, -0.2) is 14.8 Å². The van der Waals surface area contributed by atoms with E-state index in [9.17, 15) is 9.59 Å². The number of carbonyl (C=O) groups excluding carboxylic acids is 2. The van der Waals surface area contributed by atoms with Crippen LogP contribution in [0, 0.1) is 0 Å². The summed E-state index contributed by atoms with van der Waals surface area (Å²) in [7, 11) is 3.39. The highest BCUT2D eigenvalue weighted by Gasteiger charge is 2.16. The first-order valence-corrected chi connectivity index (χ1v) is 14.7. The Morgan fingerprint density at radius 3 is 2.37 bits per heavy atom. The van der Waals surface area contributed by atoms with Crippen LogP contribution >= 0.6 is 0 Å². The first kappa shape index (κ1) is 29.8. The van der Waals surface area contributed by atoms with Crippen molar-refractivity contribution in [2.45, 2.75) is 39.8 Å². The molecule has 0 fully saturated rings. The van der Waals surface area contributed by atoms with Crippen LogP contribution in [-0.4, -0.2) is 75.5 Å². The third-order valence-electron chi connectivity index (χ3n) is 7.46. The molecule has 0 aliphatic carbocycles. The number of fused-ring (bicyclic) bond motifs is 3. The number of amides is 2. The van der Waals surface area contributed by atoms with E-state index in [4.69, 9.17) is 4.98 Å². The Kier molecular flexibility index (Phi) is 9.36. The number of nitrogens with one attached hydrogen (secondary N) is 3. The van der Waals surface area contributed by atoms with Crippen molar-refractivity contribution in [1.82, 2.24) is 35.1 Å². The minimum Gasteiger partial charge on any atom is -0.453 e. The molecule has 0 radical (unpaired) electrons. The number of hydrogen-bond acceptors (Lipinski definition) is 6. The van der Waals surface area contributed by atoms with Crippen LogP contribution in [0.3, 0.4) is 0 Å². The quantitative estimate of drug-likeness (QED) is 0.174. The molecule has 2 heterocycles. The lowest BCUT2D eigenvalue weighted by Gasteiger charge is -2.21. The van der Waals surface area contributed by atoms with Gasteiger partial charge in [-0.05, 0) is 60.6 Å². The fourth-order valence-corrected chi connectivity index (χ4v) is 5.34. The number of ether oxygens (including phenoxy) is 1. The van der Waals surface area contributed by atoms with Crippen molar-refractivity contribution >= 4 is 33.8 Å². The van der Waals surface area contributed by atoms with Crippen molar-refractivity contribution in [3.05, 3.63) is 72.4 Å². The first-order valence-electron chi connectivity index (χ1n) is 14.7. The zero-order valence-electron chi connectivity index (χ0n) is 25.2. The fraction of sp³-hybridized carbons (Fsp3) is 0.333. The van der Waals surface area contributed by atoms with Crippen LogP contribution < -0.4 is 5.32 Å². The number of aromatic nitrogens is 4. The van der Waals surface area contributed by atoms with Crippen LogP contribution in [-0.2, 0) is 22.6 Å². The van der Waals surface area contributed by atoms with Gasteiger partial charge in [-0.2, -0.15) is 0 Å². The van der Waals surface area contributed by atoms with Crippen LogP contribution in [0.15, 0.2) is 60.8 Å². The summed E-state index contributed by atoms with van der Waals surface area (Å²) in [4.78, 5) is 44.1. The Hall–Kier alpha value is -4.70. The molecule has 0 bridgehead atoms. The molecule has 10 nitrogen and oxygen atoms in total. The van der Waals surface area contributed by atoms with Crippen molar-refractivity contribution in [2.75, 3.05) is 33.8 Å². The Bertz CT molecular complexity index is 1710. The number of methoxy groups -OCH3 is 1. The van der Waals surface area contributed by atoms with E-state index in [0.29, 0.717) is 18.9 Å². The molecule has 2 aromatic heterocycles. The summed E-state index contributed by atoms with van der Waals surface area (Å²) in [5, 5.41) is 4.77. The first-order chi connectivity index (χ1) is 20.9. The van der Waals surface area contributed by atoms with Gasteiger partial charge < -0.3 is 24.9 Å². The summed E-state index contributed by atoms with van der Waals surface area (Å²) in [6.45, 7) is 6.79. The Labute approximate surface area is 251 Å². The maximum atomic E-state index is 12.6. The zero-order chi connectivity index (χ0) is 30.3. The Balaban J connectivity index is 1.29. The van der Waals surface area contributed by atoms with E-state index in [-0.39, 0.29) is 12.5 Å². The summed E-state index contributed by atoms with van der Waals surface area (Å²) in [5.41, 5.74) is 6.20. The second kappa shape index (κ2) is 13.5. The van der Waals surface area contributed by atoms with Crippen LogP contribution in [0.5, 0.6) is 0 Å². The number of benzene rings is 3. The van der Waals surface area contributed by atoms with E-state index in [2.05, 4.69) is 98.5 Å². The molecule has 0 saturated carbocycles. The molecule has 0 atom stereocenters. The predicted octanol–water partition coefficient (Wildman–Crippen LogP) is 5.71. The summed E-state index contributed by atoms with van der Waals surface area (Å²) in [6, 6.07) is 19.1. The molecule has 0 saturated heterocycles. The normalized spacial score (nSPS) is 11.4. The molecule has 2 amide bonds. The summed E-state index contributed by atoms with van der Waals surface area (Å²) >= 11 is 0. The molecule has 0 unspecified atom stereocenters. The van der Waals surface area contributed by atoms with E-state index in [1.165, 1.54) is 7.11 Å². The number of aromatic amines is 2. The minimum atomic E-state index is -0.632. The van der Waals surface area contributed by atoms with Gasteiger partial charge in [-0.3, -0.25) is 9.69 Å². The molecule has 5 aromatic rings. The Morgan fingerprint density at radius 1 is 0.884 bits per heavy atom. The van der Waals surface area contributed by atoms with Gasteiger partial charge in [0.15, 0.2) is 0 Å². The molecule has 3 N–H and O–H groups in total. The topological polar surface area (TPSA) is 119 Å². The number of alkyl carbamates (subject to hydrolysis) is 1. The zero-order valence-corrected chi connectivity index (χ0v) is 25.2. The molecule has 43 heavy (non-hydrogen) atoms. The number of H-pyrrole nitrogens is 2. The monoisotopic (exact) mass is 581 g/mol. The van der Waals surface area contributed by atoms with Gasteiger partial charge in [0.25, 0.3) is 0 Å². The van der Waals surface area contributed by atoms with Gasteiger partial charge in [0, 0.05) is 11.9 Å². The molecule has 224 valence electrons. The van der Waals surface area contributed by atoms with Gasteiger partial charge in [0.2, 0.25) is 5.91 Å². The van der Waals surface area contributed by atoms with Crippen molar-refractivity contribution < 1.29 is 14.3 Å². The molecule has 5 rings (SSSR count). The number of carbonyl (C=O) groups is 2. The van der Waals surface area contributed by atoms with Gasteiger partial charge in [0.05, 0.1) is 43.1 Å². The molecular weight excluding hydrogens is 542 g/mol. The number of nitrogens with zero attached hydrogens (tertiary/aromatic N) is 4. The average Bonchev–Trinajstić information content (AvgIpc) is 3.66. The predicted molar refractivity (Wildman–Crippen MR) is 169 cm³/mol. The smallest absolute Gasteiger partial charge is 0.407 e. The molecule has 0 aliphatic rings. The van der Waals surface area contributed by atoms with Crippen molar-refractivity contribution in [1.29, 1.82) is 0 Å². The third-order valence-corrected chi connectivity index (χ3v) is 7.46. The van der Waals surface area contributed by atoms with Gasteiger partial charge in [-0.15, -0.1) is 0 Å². The lowest BCUT2D eigenvalue weighted by molar-refractivity contribution is -0.130. The molecule has 3 aromatic carbocycles. The number of imidazole rings is 2. The van der Waals surface area contributed by atoms with E-state index in [1.54, 1.807) is 11.1 Å². The second-order valence-corrected chi connectivity index (χ2v) is 10.8. The average molecular weight is 582 g/mol. The Morgan fingerprint density at radius 2 is 1.63 bits per heavy atom. The maximum Gasteiger partial charge on any atom is 0.407 e. The SMILES string of the molecule is CCCN(C)Cc1nc2ccc3cc(-c4ccc(-c5cnc(CN(CCC)C(=O)CNC(=O)OC)[nH]5)cc4)ccc3c2[nH]1. The minimum absolute atomic E-state index is 0.124. The van der Waals surface area contributed by atoms with Crippen LogP contribution in [0.4, 0.5) is 4.79 Å². The molecular formula is C33H39N7O3. The maximum absolute atomic E-state index is 12.6. The van der Waals surface area contributed by atoms with E-state index < -0.39 is 6.09 Å². The standard InChI is InChI=1S/C33H39N7O3/c1-5-15-39(3)20-30-36-27-14-12-25-17-24(11-13-26(25)32(27)38-30)22-7-9-23(10-8-22)28-18-34-29(37-28)21-40(16-6-2)31(41)19-35-33(42)43-4/h7-14,17-18H,5-6,15-16,19-21H2,1-4H3,(H,34,37)(H,35,42)(H,36,38). The van der Waals surface area contributed by atoms with E-state index in [0.717, 1.165) is 75.9 Å². The van der Waals surface area contributed by atoms with Crippen LogP contribution in [0.2, 0.25) is 0 Å². The molecule has 10 heteroatoms. The number of rotatable bonds is 12. The summed E-state index contributed by atoms with van der Waals surface area (Å²) in [6.07, 6.45) is 3.06. The lowest BCUT2D eigenvalue weighted by Crippen LogP contribution is -2.40. The highest BCUT2D eigenvalue weighted by atomic mass is 16.5. The second-order valence-electron chi connectivity index (χ2n) is 10.8. The van der Waals surface area contributed by atoms with Crippen LogP contribution in [0.25, 0.3) is 44.2 Å². The van der Waals surface area contributed by atoms with Crippen molar-refractivity contribution in [3.8, 4) is 22.4 Å². The summed E-state index contributed by atoms with van der Waals surface area (Å²) in [5.74, 6) is 1.47.